The second-order valence-electron chi connectivity index (χ2n) is 9.60. The highest BCUT2D eigenvalue weighted by molar-refractivity contribution is 5.41. The molecule has 2 fully saturated rings. The molecule has 0 spiro atoms. The first-order chi connectivity index (χ1) is 15.5. The van der Waals surface area contributed by atoms with Gasteiger partial charge < -0.3 is 9.64 Å². The molecule has 2 aliphatic heterocycles. The number of ether oxygens (including phenoxy) is 1. The molecule has 32 heavy (non-hydrogen) atoms. The van der Waals surface area contributed by atoms with Crippen LogP contribution in [0.3, 0.4) is 0 Å². The Morgan fingerprint density at radius 1 is 0.938 bits per heavy atom. The molecule has 0 atom stereocenters. The van der Waals surface area contributed by atoms with Gasteiger partial charge in [0.2, 0.25) is 5.95 Å². The number of aromatic nitrogens is 2. The van der Waals surface area contributed by atoms with Crippen molar-refractivity contribution in [3.8, 4) is 5.75 Å². The van der Waals surface area contributed by atoms with Gasteiger partial charge in [0.05, 0.1) is 5.69 Å². The Morgan fingerprint density at radius 3 is 2.22 bits per heavy atom. The van der Waals surface area contributed by atoms with Crippen LogP contribution in [-0.4, -0.2) is 47.1 Å². The lowest BCUT2D eigenvalue weighted by molar-refractivity contribution is 0.0969. The molecule has 3 aromatic rings. The van der Waals surface area contributed by atoms with E-state index in [-0.39, 0.29) is 5.41 Å². The van der Waals surface area contributed by atoms with Crippen molar-refractivity contribution in [1.82, 2.24) is 14.9 Å². The summed E-state index contributed by atoms with van der Waals surface area (Å²) >= 11 is 0. The lowest BCUT2D eigenvalue weighted by Crippen LogP contribution is -2.63. The van der Waals surface area contributed by atoms with Gasteiger partial charge in [-0.1, -0.05) is 55.8 Å². The predicted octanol–water partition coefficient (Wildman–Crippen LogP) is 4.58. The van der Waals surface area contributed by atoms with Gasteiger partial charge >= 0.3 is 0 Å². The minimum absolute atomic E-state index is 0.0566. The fraction of sp³-hybridized carbons (Fsp3) is 0.407. The minimum Gasteiger partial charge on any atom is -0.487 e. The standard InChI is InChI=1S/C27H32N4O/c1-20-5-7-21(8-6-20)27(2,3)22-9-11-25(12-10-22)32-19-23-13-14-28-26(29-23)31-17-24(18-31)30-15-4-16-30/h5-14,24H,4,15-19H2,1-3H3. The molecule has 3 heterocycles. The second kappa shape index (κ2) is 8.55. The van der Waals surface area contributed by atoms with E-state index in [0.717, 1.165) is 30.5 Å². The van der Waals surface area contributed by atoms with E-state index >= 15 is 0 Å². The largest absolute Gasteiger partial charge is 0.487 e. The van der Waals surface area contributed by atoms with Crippen molar-refractivity contribution >= 4 is 5.95 Å². The topological polar surface area (TPSA) is 41.5 Å². The molecule has 2 aromatic carbocycles. The van der Waals surface area contributed by atoms with Crippen molar-refractivity contribution in [3.63, 3.8) is 0 Å². The highest BCUT2D eigenvalue weighted by Crippen LogP contribution is 2.32. The fourth-order valence-electron chi connectivity index (χ4n) is 4.43. The zero-order valence-electron chi connectivity index (χ0n) is 19.3. The molecule has 0 unspecified atom stereocenters. The highest BCUT2D eigenvalue weighted by Gasteiger charge is 2.35. The summed E-state index contributed by atoms with van der Waals surface area (Å²) in [4.78, 5) is 14.0. The van der Waals surface area contributed by atoms with Gasteiger partial charge in [-0.05, 0) is 55.8 Å². The van der Waals surface area contributed by atoms with E-state index in [0.29, 0.717) is 12.6 Å². The van der Waals surface area contributed by atoms with Crippen LogP contribution in [0.2, 0.25) is 0 Å². The molecule has 5 rings (SSSR count). The Labute approximate surface area is 191 Å². The Balaban J connectivity index is 1.19. The van der Waals surface area contributed by atoms with E-state index < -0.39 is 0 Å². The third-order valence-electron chi connectivity index (χ3n) is 6.99. The van der Waals surface area contributed by atoms with Crippen molar-refractivity contribution < 1.29 is 4.74 Å². The Kier molecular flexibility index (Phi) is 5.60. The SMILES string of the molecule is Cc1ccc(C(C)(C)c2ccc(OCc3ccnc(N4CC(N5CCC5)C4)n3)cc2)cc1. The number of likely N-dealkylation sites (tertiary alicyclic amines) is 1. The fourth-order valence-corrected chi connectivity index (χ4v) is 4.43. The molecule has 1 aromatic heterocycles. The van der Waals surface area contributed by atoms with Crippen molar-refractivity contribution in [2.24, 2.45) is 0 Å². The van der Waals surface area contributed by atoms with E-state index in [1.54, 1.807) is 0 Å². The van der Waals surface area contributed by atoms with Gasteiger partial charge in [-0.15, -0.1) is 0 Å². The van der Waals surface area contributed by atoms with E-state index in [1.165, 1.54) is 36.2 Å². The van der Waals surface area contributed by atoms with Crippen LogP contribution in [0.5, 0.6) is 5.75 Å². The third kappa shape index (κ3) is 4.22. The third-order valence-corrected chi connectivity index (χ3v) is 6.99. The summed E-state index contributed by atoms with van der Waals surface area (Å²) in [6, 6.07) is 19.8. The van der Waals surface area contributed by atoms with Crippen LogP contribution >= 0.6 is 0 Å². The van der Waals surface area contributed by atoms with Crippen LogP contribution in [-0.2, 0) is 12.0 Å². The number of aryl methyl sites for hydroxylation is 1. The van der Waals surface area contributed by atoms with Gasteiger partial charge in [0.1, 0.15) is 12.4 Å². The van der Waals surface area contributed by atoms with Crippen LogP contribution in [0.4, 0.5) is 5.95 Å². The van der Waals surface area contributed by atoms with Crippen molar-refractivity contribution in [2.75, 3.05) is 31.1 Å². The van der Waals surface area contributed by atoms with Crippen LogP contribution in [0.1, 0.15) is 42.7 Å². The number of hydrogen-bond donors (Lipinski definition) is 0. The first-order valence-corrected chi connectivity index (χ1v) is 11.6. The van der Waals surface area contributed by atoms with Gasteiger partial charge in [-0.25, -0.2) is 9.97 Å². The molecule has 0 aliphatic carbocycles. The smallest absolute Gasteiger partial charge is 0.225 e. The van der Waals surface area contributed by atoms with E-state index in [9.17, 15) is 0 Å². The quantitative estimate of drug-likeness (QED) is 0.551. The molecule has 2 saturated heterocycles. The zero-order valence-corrected chi connectivity index (χ0v) is 19.3. The molecule has 0 radical (unpaired) electrons. The van der Waals surface area contributed by atoms with Crippen LogP contribution < -0.4 is 9.64 Å². The number of nitrogens with zero attached hydrogens (tertiary/aromatic N) is 4. The van der Waals surface area contributed by atoms with Gasteiger partial charge in [0.25, 0.3) is 0 Å². The minimum atomic E-state index is -0.0566. The number of hydrogen-bond acceptors (Lipinski definition) is 5. The molecule has 166 valence electrons. The summed E-state index contributed by atoms with van der Waals surface area (Å²) in [6.45, 7) is 11.6. The molecular weight excluding hydrogens is 396 g/mol. The van der Waals surface area contributed by atoms with Gasteiger partial charge in [0.15, 0.2) is 0 Å². The van der Waals surface area contributed by atoms with Crippen LogP contribution in [0.15, 0.2) is 60.8 Å². The molecule has 5 heteroatoms. The van der Waals surface area contributed by atoms with Crippen molar-refractivity contribution in [1.29, 1.82) is 0 Å². The average molecular weight is 429 g/mol. The number of anilines is 1. The van der Waals surface area contributed by atoms with E-state index in [2.05, 4.69) is 84.1 Å². The van der Waals surface area contributed by atoms with Crippen molar-refractivity contribution in [3.05, 3.63) is 83.2 Å². The summed E-state index contributed by atoms with van der Waals surface area (Å²) < 4.78 is 6.04. The second-order valence-corrected chi connectivity index (χ2v) is 9.60. The molecule has 5 nitrogen and oxygen atoms in total. The summed E-state index contributed by atoms with van der Waals surface area (Å²) in [5, 5.41) is 0. The predicted molar refractivity (Wildman–Crippen MR) is 128 cm³/mol. The maximum atomic E-state index is 6.04. The van der Waals surface area contributed by atoms with Gasteiger partial charge in [-0.2, -0.15) is 0 Å². The number of rotatable bonds is 7. The maximum absolute atomic E-state index is 6.04. The van der Waals surface area contributed by atoms with E-state index in [4.69, 9.17) is 9.72 Å². The maximum Gasteiger partial charge on any atom is 0.225 e. The molecule has 0 saturated carbocycles. The normalized spacial score (nSPS) is 17.0. The summed E-state index contributed by atoms with van der Waals surface area (Å²) in [5.74, 6) is 1.67. The van der Waals surface area contributed by atoms with Crippen LogP contribution in [0.25, 0.3) is 0 Å². The van der Waals surface area contributed by atoms with Gasteiger partial charge in [-0.3, -0.25) is 4.90 Å². The number of benzene rings is 2. The lowest BCUT2D eigenvalue weighted by atomic mass is 9.78. The first-order valence-electron chi connectivity index (χ1n) is 11.6. The highest BCUT2D eigenvalue weighted by atomic mass is 16.5. The summed E-state index contributed by atoms with van der Waals surface area (Å²) in [7, 11) is 0. The van der Waals surface area contributed by atoms with Crippen LogP contribution in [0, 0.1) is 6.92 Å². The summed E-state index contributed by atoms with van der Waals surface area (Å²) in [5.41, 5.74) is 4.72. The zero-order chi connectivity index (χ0) is 22.1. The Bertz CT molecular complexity index is 1050. The van der Waals surface area contributed by atoms with Gasteiger partial charge in [0, 0.05) is 30.7 Å². The molecular formula is C27H32N4O. The lowest BCUT2D eigenvalue weighted by Gasteiger charge is -2.48. The van der Waals surface area contributed by atoms with E-state index in [1.807, 2.05) is 12.3 Å². The Hall–Kier alpha value is -2.92. The average Bonchev–Trinajstić information content (AvgIpc) is 2.74. The Morgan fingerprint density at radius 2 is 1.59 bits per heavy atom. The van der Waals surface area contributed by atoms with Crippen molar-refractivity contribution in [2.45, 2.75) is 45.3 Å². The molecule has 2 aliphatic rings. The summed E-state index contributed by atoms with van der Waals surface area (Å²) in [6.07, 6.45) is 3.18. The first kappa shape index (κ1) is 21.0. The monoisotopic (exact) mass is 428 g/mol. The molecule has 0 amide bonds. The molecule has 0 N–H and O–H groups in total. The molecule has 0 bridgehead atoms.